The summed E-state index contributed by atoms with van der Waals surface area (Å²) in [6.07, 6.45) is 0. The van der Waals surface area contributed by atoms with Gasteiger partial charge in [-0.2, -0.15) is 15.8 Å². The summed E-state index contributed by atoms with van der Waals surface area (Å²) in [6, 6.07) is 57.8. The number of fused-ring (bicyclic) bond motifs is 6. The van der Waals surface area contributed by atoms with Crippen LogP contribution in [0.25, 0.3) is 77.2 Å². The van der Waals surface area contributed by atoms with Gasteiger partial charge < -0.3 is 9.13 Å². The van der Waals surface area contributed by atoms with Crippen LogP contribution in [0.1, 0.15) is 16.7 Å². The lowest BCUT2D eigenvalue weighted by molar-refractivity contribution is 1.18. The lowest BCUT2D eigenvalue weighted by Gasteiger charge is -2.18. The highest BCUT2D eigenvalue weighted by atomic mass is 15.0. The molecule has 0 aliphatic carbocycles. The van der Waals surface area contributed by atoms with Gasteiger partial charge in [0.2, 0.25) is 0 Å². The fraction of sp³-hybridized carbons (Fsp3) is 0. The molecule has 0 saturated carbocycles. The largest absolute Gasteiger partial charge is 0.309 e. The summed E-state index contributed by atoms with van der Waals surface area (Å²) in [4.78, 5) is 0. The van der Waals surface area contributed by atoms with E-state index in [1.807, 2.05) is 54.6 Å². The average molecular weight is 636 g/mol. The molecule has 9 aromatic rings. The molecule has 7 aromatic carbocycles. The van der Waals surface area contributed by atoms with E-state index in [9.17, 15) is 15.8 Å². The van der Waals surface area contributed by atoms with Crippen molar-refractivity contribution in [2.45, 2.75) is 0 Å². The Hall–Kier alpha value is -7.39. The molecular weight excluding hydrogens is 611 g/mol. The van der Waals surface area contributed by atoms with Gasteiger partial charge in [-0.05, 0) is 77.9 Å². The molecule has 0 saturated heterocycles. The quantitative estimate of drug-likeness (QED) is 0.193. The fourth-order valence-electron chi connectivity index (χ4n) is 7.47. The third kappa shape index (κ3) is 4.31. The maximum atomic E-state index is 10.4. The van der Waals surface area contributed by atoms with Gasteiger partial charge >= 0.3 is 0 Å². The van der Waals surface area contributed by atoms with Crippen molar-refractivity contribution < 1.29 is 0 Å². The van der Waals surface area contributed by atoms with Crippen molar-refractivity contribution in [2.24, 2.45) is 0 Å². The first kappa shape index (κ1) is 28.8. The fourth-order valence-corrected chi connectivity index (χ4v) is 7.47. The number of nitrogens with zero attached hydrogens (tertiary/aromatic N) is 5. The minimum atomic E-state index is 0.563. The van der Waals surface area contributed by atoms with Gasteiger partial charge in [0, 0.05) is 38.4 Å². The molecule has 2 aromatic heterocycles. The predicted molar refractivity (Wildman–Crippen MR) is 200 cm³/mol. The van der Waals surface area contributed by atoms with E-state index in [0.717, 1.165) is 66.5 Å². The Morgan fingerprint density at radius 2 is 1.00 bits per heavy atom. The van der Waals surface area contributed by atoms with Crippen LogP contribution >= 0.6 is 0 Å². The van der Waals surface area contributed by atoms with E-state index in [-0.39, 0.29) is 0 Å². The number of hydrogen-bond acceptors (Lipinski definition) is 3. The molecule has 0 bridgehead atoms. The summed E-state index contributed by atoms with van der Waals surface area (Å²) in [5.74, 6) is 0. The van der Waals surface area contributed by atoms with Gasteiger partial charge in [-0.1, -0.05) is 84.9 Å². The van der Waals surface area contributed by atoms with E-state index >= 15 is 0 Å². The predicted octanol–water partition coefficient (Wildman–Crippen LogP) is 10.8. The van der Waals surface area contributed by atoms with Crippen LogP contribution in [0, 0.1) is 34.0 Å². The van der Waals surface area contributed by atoms with E-state index in [2.05, 4.69) is 124 Å². The van der Waals surface area contributed by atoms with Gasteiger partial charge in [0.05, 0.1) is 62.7 Å². The Morgan fingerprint density at radius 3 is 1.72 bits per heavy atom. The summed E-state index contributed by atoms with van der Waals surface area (Å²) >= 11 is 0. The minimum Gasteiger partial charge on any atom is -0.309 e. The number of hydrogen-bond donors (Lipinski definition) is 0. The highest BCUT2D eigenvalue weighted by Crippen LogP contribution is 2.41. The normalized spacial score (nSPS) is 11.1. The van der Waals surface area contributed by atoms with Crippen molar-refractivity contribution in [2.75, 3.05) is 0 Å². The monoisotopic (exact) mass is 635 g/mol. The summed E-state index contributed by atoms with van der Waals surface area (Å²) in [5, 5.41) is 34.0. The van der Waals surface area contributed by atoms with Crippen molar-refractivity contribution in [1.29, 1.82) is 15.8 Å². The van der Waals surface area contributed by atoms with E-state index in [1.165, 1.54) is 10.8 Å². The molecular formula is C45H25N5. The van der Waals surface area contributed by atoms with Crippen LogP contribution in [0.3, 0.4) is 0 Å². The first-order valence-corrected chi connectivity index (χ1v) is 16.3. The number of aromatic nitrogens is 2. The second kappa shape index (κ2) is 11.4. The van der Waals surface area contributed by atoms with Gasteiger partial charge in [0.25, 0.3) is 0 Å². The Balaban J connectivity index is 1.24. The molecule has 9 rings (SSSR count). The molecule has 0 fully saturated rings. The lowest BCUT2D eigenvalue weighted by atomic mass is 9.90. The van der Waals surface area contributed by atoms with Crippen molar-refractivity contribution in [3.63, 3.8) is 0 Å². The molecule has 0 amide bonds. The number of benzene rings is 7. The molecule has 0 aliphatic rings. The van der Waals surface area contributed by atoms with Crippen LogP contribution in [0.4, 0.5) is 0 Å². The maximum Gasteiger partial charge on any atom is 0.0998 e. The molecule has 0 unspecified atom stereocenters. The molecule has 0 aliphatic heterocycles. The number of para-hydroxylation sites is 3. The molecule has 50 heavy (non-hydrogen) atoms. The van der Waals surface area contributed by atoms with Crippen LogP contribution in [0.5, 0.6) is 0 Å². The lowest BCUT2D eigenvalue weighted by Crippen LogP contribution is -1.99. The number of nitriles is 3. The summed E-state index contributed by atoms with van der Waals surface area (Å²) in [6.45, 7) is 0. The molecule has 2 heterocycles. The second-order valence-electron chi connectivity index (χ2n) is 12.3. The summed E-state index contributed by atoms with van der Waals surface area (Å²) < 4.78 is 4.45. The molecule has 0 spiro atoms. The minimum absolute atomic E-state index is 0.563. The van der Waals surface area contributed by atoms with Crippen molar-refractivity contribution in [3.05, 3.63) is 168 Å². The average Bonchev–Trinajstić information content (AvgIpc) is 3.69. The van der Waals surface area contributed by atoms with Gasteiger partial charge in [0.1, 0.15) is 0 Å². The first-order valence-electron chi connectivity index (χ1n) is 16.3. The van der Waals surface area contributed by atoms with E-state index in [4.69, 9.17) is 0 Å². The Bertz CT molecular complexity index is 2900. The molecule has 0 atom stereocenters. The van der Waals surface area contributed by atoms with Gasteiger partial charge in [-0.3, -0.25) is 0 Å². The summed E-state index contributed by atoms with van der Waals surface area (Å²) in [7, 11) is 0. The zero-order valence-electron chi connectivity index (χ0n) is 26.7. The zero-order chi connectivity index (χ0) is 33.8. The van der Waals surface area contributed by atoms with Gasteiger partial charge in [-0.25, -0.2) is 0 Å². The summed E-state index contributed by atoms with van der Waals surface area (Å²) in [5.41, 5.74) is 11.5. The maximum absolute atomic E-state index is 10.4. The first-order chi connectivity index (χ1) is 24.7. The van der Waals surface area contributed by atoms with Crippen molar-refractivity contribution in [1.82, 2.24) is 9.13 Å². The van der Waals surface area contributed by atoms with E-state index in [0.29, 0.717) is 16.7 Å². The molecule has 0 N–H and O–H groups in total. The SMILES string of the molecule is N#Cc1ccc2c(c1)c1ccc(C#N)cc1n2-c1ccc(-c2c(C#N)cccc2-c2ccccc2-n2c3ccccc3c3ccccc32)cc1. The molecule has 0 radical (unpaired) electrons. The third-order valence-electron chi connectivity index (χ3n) is 9.64. The van der Waals surface area contributed by atoms with Gasteiger partial charge in [0.15, 0.2) is 0 Å². The van der Waals surface area contributed by atoms with Crippen molar-refractivity contribution >= 4 is 43.6 Å². The highest BCUT2D eigenvalue weighted by molar-refractivity contribution is 6.11. The van der Waals surface area contributed by atoms with Gasteiger partial charge in [-0.15, -0.1) is 0 Å². The molecule has 230 valence electrons. The van der Waals surface area contributed by atoms with E-state index < -0.39 is 0 Å². The Kier molecular flexibility index (Phi) is 6.56. The van der Waals surface area contributed by atoms with Crippen LogP contribution in [0.15, 0.2) is 152 Å². The highest BCUT2D eigenvalue weighted by Gasteiger charge is 2.20. The van der Waals surface area contributed by atoms with Crippen LogP contribution < -0.4 is 0 Å². The van der Waals surface area contributed by atoms with E-state index in [1.54, 1.807) is 0 Å². The molecule has 5 nitrogen and oxygen atoms in total. The topological polar surface area (TPSA) is 81.2 Å². The number of rotatable bonds is 4. The molecule has 5 heteroatoms. The Morgan fingerprint density at radius 1 is 0.400 bits per heavy atom. The van der Waals surface area contributed by atoms with Crippen LogP contribution in [-0.2, 0) is 0 Å². The smallest absolute Gasteiger partial charge is 0.0998 e. The standard InChI is InChI=1S/C45H25N5/c46-26-29-17-23-43-39(24-29)37-22-16-30(27-47)25-44(37)49(43)33-20-18-31(19-21-33)45-32(28-48)8-7-12-38(45)36-11-3-6-15-42(36)50-40-13-4-1-9-34(40)35-10-2-5-14-41(35)50/h1-25H. The second-order valence-corrected chi connectivity index (χ2v) is 12.3. The van der Waals surface area contributed by atoms with Crippen LogP contribution in [-0.4, -0.2) is 9.13 Å². The third-order valence-corrected chi connectivity index (χ3v) is 9.64. The van der Waals surface area contributed by atoms with Crippen LogP contribution in [0.2, 0.25) is 0 Å². The zero-order valence-corrected chi connectivity index (χ0v) is 26.7. The van der Waals surface area contributed by atoms with Crippen molar-refractivity contribution in [3.8, 4) is 51.8 Å². The Labute approximate surface area is 287 Å².